The van der Waals surface area contributed by atoms with Gasteiger partial charge in [-0.3, -0.25) is 0 Å². The Hall–Kier alpha value is -2.34. The van der Waals surface area contributed by atoms with Gasteiger partial charge in [-0.15, -0.1) is 11.6 Å². The van der Waals surface area contributed by atoms with Crippen LogP contribution in [0.15, 0.2) is 61.1 Å². The summed E-state index contributed by atoms with van der Waals surface area (Å²) in [6.45, 7) is 1.11. The fourth-order valence-electron chi connectivity index (χ4n) is 2.88. The molecule has 1 N–H and O–H groups in total. The van der Waals surface area contributed by atoms with Crippen LogP contribution in [-0.4, -0.2) is 19.7 Å². The van der Waals surface area contributed by atoms with E-state index in [1.165, 1.54) is 6.33 Å². The Bertz CT molecular complexity index is 1080. The van der Waals surface area contributed by atoms with Crippen LogP contribution in [0.25, 0.3) is 11.0 Å². The molecule has 0 spiro atoms. The smallest absolute Gasteiger partial charge is 0.163 e. The molecule has 0 aliphatic rings. The minimum absolute atomic E-state index is 0.249. The van der Waals surface area contributed by atoms with Crippen LogP contribution in [0.3, 0.4) is 0 Å². The van der Waals surface area contributed by atoms with Crippen molar-refractivity contribution >= 4 is 51.7 Å². The Morgan fingerprint density at radius 3 is 2.32 bits per heavy atom. The van der Waals surface area contributed by atoms with E-state index < -0.39 is 0 Å². The molecule has 0 fully saturated rings. The molecule has 5 nitrogen and oxygen atoms in total. The van der Waals surface area contributed by atoms with Crippen LogP contribution in [0.1, 0.15) is 16.5 Å². The maximum absolute atomic E-state index is 6.57. The van der Waals surface area contributed by atoms with Gasteiger partial charge in [0.25, 0.3) is 0 Å². The first-order valence-corrected chi connectivity index (χ1v) is 9.84. The predicted molar refractivity (Wildman–Crippen MR) is 114 cm³/mol. The normalized spacial score (nSPS) is 12.2. The van der Waals surface area contributed by atoms with E-state index in [2.05, 4.69) is 20.4 Å². The van der Waals surface area contributed by atoms with Gasteiger partial charge in [0, 0.05) is 16.6 Å². The van der Waals surface area contributed by atoms with Crippen LogP contribution < -0.4 is 5.32 Å². The lowest BCUT2D eigenvalue weighted by molar-refractivity contribution is 0.615. The van der Waals surface area contributed by atoms with E-state index in [0.29, 0.717) is 23.1 Å². The summed E-state index contributed by atoms with van der Waals surface area (Å²) in [6.07, 6.45) is 3.28. The van der Waals surface area contributed by atoms with Gasteiger partial charge in [0.05, 0.1) is 23.5 Å². The highest BCUT2D eigenvalue weighted by Crippen LogP contribution is 2.26. The molecule has 2 heterocycles. The molecular formula is C20H16Cl3N5. The maximum atomic E-state index is 6.57. The summed E-state index contributed by atoms with van der Waals surface area (Å²) in [6, 6.07) is 15.2. The lowest BCUT2D eigenvalue weighted by Crippen LogP contribution is -2.07. The third kappa shape index (κ3) is 4.22. The van der Waals surface area contributed by atoms with Crippen molar-refractivity contribution in [2.24, 2.45) is 0 Å². The number of alkyl halides is 1. The SMILES string of the molecule is Clc1ccc(CNc2ncnc3c2cnn3CC(Cl)c2ccc(Cl)cc2)cc1. The lowest BCUT2D eigenvalue weighted by atomic mass is 10.1. The van der Waals surface area contributed by atoms with Crippen molar-refractivity contribution in [3.63, 3.8) is 0 Å². The van der Waals surface area contributed by atoms with Crippen LogP contribution in [0, 0.1) is 0 Å². The van der Waals surface area contributed by atoms with E-state index in [4.69, 9.17) is 34.8 Å². The molecule has 4 rings (SSSR count). The molecule has 142 valence electrons. The maximum Gasteiger partial charge on any atom is 0.163 e. The van der Waals surface area contributed by atoms with E-state index in [1.807, 2.05) is 48.5 Å². The molecular weight excluding hydrogens is 417 g/mol. The van der Waals surface area contributed by atoms with Gasteiger partial charge < -0.3 is 5.32 Å². The minimum atomic E-state index is -0.249. The van der Waals surface area contributed by atoms with Crippen molar-refractivity contribution in [2.75, 3.05) is 5.32 Å². The quantitative estimate of drug-likeness (QED) is 0.396. The number of hydrogen-bond donors (Lipinski definition) is 1. The highest BCUT2D eigenvalue weighted by Gasteiger charge is 2.14. The molecule has 28 heavy (non-hydrogen) atoms. The number of aromatic nitrogens is 4. The van der Waals surface area contributed by atoms with Crippen LogP contribution in [0.4, 0.5) is 5.82 Å². The van der Waals surface area contributed by atoms with Crippen LogP contribution >= 0.6 is 34.8 Å². The summed E-state index contributed by atoms with van der Waals surface area (Å²) in [7, 11) is 0. The number of hydrogen-bond acceptors (Lipinski definition) is 4. The first-order valence-electron chi connectivity index (χ1n) is 8.64. The van der Waals surface area contributed by atoms with Gasteiger partial charge in [-0.05, 0) is 35.4 Å². The summed E-state index contributed by atoms with van der Waals surface area (Å²) in [5.74, 6) is 0.726. The van der Waals surface area contributed by atoms with Gasteiger partial charge in [-0.1, -0.05) is 47.5 Å². The summed E-state index contributed by atoms with van der Waals surface area (Å²) < 4.78 is 1.79. The molecule has 0 aliphatic carbocycles. The summed E-state index contributed by atoms with van der Waals surface area (Å²) in [4.78, 5) is 8.73. The molecule has 4 aromatic rings. The Morgan fingerprint density at radius 1 is 0.929 bits per heavy atom. The molecule has 0 bridgehead atoms. The Balaban J connectivity index is 1.52. The molecule has 2 aromatic heterocycles. The first-order chi connectivity index (χ1) is 13.6. The van der Waals surface area contributed by atoms with Crippen molar-refractivity contribution in [3.8, 4) is 0 Å². The average molecular weight is 433 g/mol. The Morgan fingerprint density at radius 2 is 1.61 bits per heavy atom. The average Bonchev–Trinajstić information content (AvgIpc) is 3.11. The van der Waals surface area contributed by atoms with Crippen molar-refractivity contribution < 1.29 is 0 Å². The van der Waals surface area contributed by atoms with Gasteiger partial charge in [-0.2, -0.15) is 5.10 Å². The van der Waals surface area contributed by atoms with Gasteiger partial charge in [0.2, 0.25) is 0 Å². The van der Waals surface area contributed by atoms with Crippen molar-refractivity contribution in [3.05, 3.63) is 82.2 Å². The molecule has 0 amide bonds. The highest BCUT2D eigenvalue weighted by molar-refractivity contribution is 6.30. The van der Waals surface area contributed by atoms with Crippen molar-refractivity contribution in [1.82, 2.24) is 19.7 Å². The van der Waals surface area contributed by atoms with Crippen molar-refractivity contribution in [1.29, 1.82) is 0 Å². The van der Waals surface area contributed by atoms with Crippen LogP contribution in [-0.2, 0) is 13.1 Å². The largest absolute Gasteiger partial charge is 0.365 e. The van der Waals surface area contributed by atoms with Gasteiger partial charge in [-0.25, -0.2) is 14.6 Å². The summed E-state index contributed by atoms with van der Waals surface area (Å²) in [5, 5.41) is 9.77. The number of anilines is 1. The van der Waals surface area contributed by atoms with Crippen LogP contribution in [0.5, 0.6) is 0 Å². The van der Waals surface area contributed by atoms with E-state index in [1.54, 1.807) is 10.9 Å². The number of halogens is 3. The number of nitrogens with one attached hydrogen (secondary N) is 1. The zero-order valence-corrected chi connectivity index (χ0v) is 17.0. The molecule has 0 radical (unpaired) electrons. The summed E-state index contributed by atoms with van der Waals surface area (Å²) >= 11 is 18.4. The second kappa shape index (κ2) is 8.35. The monoisotopic (exact) mass is 431 g/mol. The standard InChI is InChI=1S/C20H16Cl3N5/c21-15-5-1-13(2-6-15)9-24-19-17-10-27-28(20(17)26-12-25-19)11-18(23)14-3-7-16(22)8-4-14/h1-8,10,12,18H,9,11H2,(H,24,25,26). The zero-order valence-electron chi connectivity index (χ0n) is 14.7. The third-order valence-electron chi connectivity index (χ3n) is 4.37. The second-order valence-electron chi connectivity index (χ2n) is 6.29. The number of rotatable bonds is 6. The molecule has 1 atom stereocenters. The topological polar surface area (TPSA) is 55.6 Å². The molecule has 8 heteroatoms. The third-order valence-corrected chi connectivity index (χ3v) is 5.27. The number of benzene rings is 2. The number of fused-ring (bicyclic) bond motifs is 1. The minimum Gasteiger partial charge on any atom is -0.365 e. The molecule has 1 unspecified atom stereocenters. The Kier molecular flexibility index (Phi) is 5.67. The van der Waals surface area contributed by atoms with Gasteiger partial charge in [0.1, 0.15) is 12.1 Å². The van der Waals surface area contributed by atoms with Gasteiger partial charge >= 0.3 is 0 Å². The second-order valence-corrected chi connectivity index (χ2v) is 7.69. The molecule has 2 aromatic carbocycles. The van der Waals surface area contributed by atoms with E-state index in [9.17, 15) is 0 Å². The van der Waals surface area contributed by atoms with E-state index in [0.717, 1.165) is 28.0 Å². The predicted octanol–water partition coefficient (Wildman–Crippen LogP) is 5.73. The van der Waals surface area contributed by atoms with E-state index in [-0.39, 0.29) is 5.38 Å². The van der Waals surface area contributed by atoms with Crippen molar-refractivity contribution in [2.45, 2.75) is 18.5 Å². The molecule has 0 saturated heterocycles. The summed E-state index contributed by atoms with van der Waals surface area (Å²) in [5.41, 5.74) is 2.81. The van der Waals surface area contributed by atoms with E-state index >= 15 is 0 Å². The fraction of sp³-hybridized carbons (Fsp3) is 0.150. The lowest BCUT2D eigenvalue weighted by Gasteiger charge is -2.11. The fourth-order valence-corrected chi connectivity index (χ4v) is 3.41. The highest BCUT2D eigenvalue weighted by atomic mass is 35.5. The molecule has 0 aliphatic heterocycles. The van der Waals surface area contributed by atoms with Crippen LogP contribution in [0.2, 0.25) is 10.0 Å². The number of nitrogens with zero attached hydrogens (tertiary/aromatic N) is 4. The Labute approximate surface area is 177 Å². The van der Waals surface area contributed by atoms with Gasteiger partial charge in [0.15, 0.2) is 5.65 Å². The molecule has 0 saturated carbocycles. The first kappa shape index (κ1) is 19.0. The zero-order chi connectivity index (χ0) is 19.5.